The predicted octanol–water partition coefficient (Wildman–Crippen LogP) is 3.11. The average Bonchev–Trinajstić information content (AvgIpc) is 3.02. The molecule has 0 spiro atoms. The van der Waals surface area contributed by atoms with Crippen LogP contribution in [0.25, 0.3) is 0 Å². The van der Waals surface area contributed by atoms with Crippen molar-refractivity contribution in [1.82, 2.24) is 10.2 Å². The van der Waals surface area contributed by atoms with E-state index in [1.165, 1.54) is 11.6 Å². The van der Waals surface area contributed by atoms with Crippen LogP contribution in [0.5, 0.6) is 0 Å². The number of carbonyl (C=O) groups is 1. The van der Waals surface area contributed by atoms with Crippen LogP contribution >= 0.6 is 0 Å². The molecule has 4 rings (SSSR count). The number of nitrogens with one attached hydrogen (secondary N) is 1. The van der Waals surface area contributed by atoms with Crippen molar-refractivity contribution >= 4 is 6.03 Å². The number of aliphatic hydroxyl groups excluding tert-OH is 1. The lowest BCUT2D eigenvalue weighted by Crippen LogP contribution is -2.47. The number of carbonyl (C=O) groups excluding carboxylic acids is 1. The minimum Gasteiger partial charge on any atom is -0.394 e. The molecule has 2 aromatic rings. The first-order chi connectivity index (χ1) is 12.2. The van der Waals surface area contributed by atoms with Crippen molar-refractivity contribution in [3.63, 3.8) is 0 Å². The van der Waals surface area contributed by atoms with Gasteiger partial charge in [-0.25, -0.2) is 9.18 Å². The molecule has 0 radical (unpaired) electrons. The minimum atomic E-state index is -0.320. The minimum absolute atomic E-state index is 0.0976. The van der Waals surface area contributed by atoms with Gasteiger partial charge in [-0.3, -0.25) is 0 Å². The van der Waals surface area contributed by atoms with Gasteiger partial charge in [-0.15, -0.1) is 0 Å². The van der Waals surface area contributed by atoms with Gasteiger partial charge in [-0.2, -0.15) is 0 Å². The molecule has 0 aromatic heterocycles. The van der Waals surface area contributed by atoms with E-state index in [9.17, 15) is 14.3 Å². The second kappa shape index (κ2) is 6.48. The summed E-state index contributed by atoms with van der Waals surface area (Å²) in [5, 5.41) is 12.9. The molecule has 130 valence electrons. The molecule has 2 atom stereocenters. The van der Waals surface area contributed by atoms with Gasteiger partial charge in [-0.1, -0.05) is 30.3 Å². The van der Waals surface area contributed by atoms with E-state index in [0.29, 0.717) is 6.54 Å². The maximum Gasteiger partial charge on any atom is 0.318 e. The number of fused-ring (bicyclic) bond motifs is 2. The van der Waals surface area contributed by atoms with Gasteiger partial charge in [0.05, 0.1) is 18.7 Å². The SMILES string of the molecule is O=C(NC1CCc2cc(F)ccc21)N1CCc2ccccc2C1CO. The van der Waals surface area contributed by atoms with Crippen molar-refractivity contribution in [2.75, 3.05) is 13.2 Å². The van der Waals surface area contributed by atoms with E-state index in [-0.39, 0.29) is 30.5 Å². The molecule has 2 amide bonds. The summed E-state index contributed by atoms with van der Waals surface area (Å²) in [5.41, 5.74) is 4.16. The van der Waals surface area contributed by atoms with Crippen LogP contribution in [0.15, 0.2) is 42.5 Å². The van der Waals surface area contributed by atoms with Gasteiger partial charge >= 0.3 is 6.03 Å². The molecule has 0 saturated heterocycles. The average molecular weight is 340 g/mol. The van der Waals surface area contributed by atoms with Crippen molar-refractivity contribution in [1.29, 1.82) is 0 Å². The maximum absolute atomic E-state index is 13.4. The Labute approximate surface area is 146 Å². The van der Waals surface area contributed by atoms with E-state index >= 15 is 0 Å². The Balaban J connectivity index is 1.53. The molecule has 2 aromatic carbocycles. The molecule has 1 heterocycles. The molecule has 1 aliphatic carbocycles. The monoisotopic (exact) mass is 340 g/mol. The number of benzene rings is 2. The highest BCUT2D eigenvalue weighted by Gasteiger charge is 2.32. The van der Waals surface area contributed by atoms with Gasteiger partial charge in [0.25, 0.3) is 0 Å². The highest BCUT2D eigenvalue weighted by atomic mass is 19.1. The number of aryl methyl sites for hydroxylation is 1. The molecule has 0 saturated carbocycles. The molecule has 2 unspecified atom stereocenters. The Hall–Kier alpha value is -2.40. The second-order valence-corrected chi connectivity index (χ2v) is 6.72. The van der Waals surface area contributed by atoms with Crippen molar-refractivity contribution in [3.05, 3.63) is 70.5 Å². The molecule has 4 nitrogen and oxygen atoms in total. The van der Waals surface area contributed by atoms with Crippen LogP contribution in [-0.2, 0) is 12.8 Å². The van der Waals surface area contributed by atoms with E-state index in [0.717, 1.165) is 36.0 Å². The van der Waals surface area contributed by atoms with Gasteiger partial charge < -0.3 is 15.3 Å². The van der Waals surface area contributed by atoms with Gasteiger partial charge in [0, 0.05) is 6.54 Å². The van der Waals surface area contributed by atoms with Crippen LogP contribution in [0.2, 0.25) is 0 Å². The molecule has 2 N–H and O–H groups in total. The van der Waals surface area contributed by atoms with Crippen LogP contribution < -0.4 is 5.32 Å². The summed E-state index contributed by atoms with van der Waals surface area (Å²) >= 11 is 0. The fraction of sp³-hybridized carbons (Fsp3) is 0.350. The van der Waals surface area contributed by atoms with Crippen molar-refractivity contribution in [3.8, 4) is 0 Å². The highest BCUT2D eigenvalue weighted by molar-refractivity contribution is 5.76. The van der Waals surface area contributed by atoms with Crippen LogP contribution in [0, 0.1) is 5.82 Å². The smallest absolute Gasteiger partial charge is 0.318 e. The summed E-state index contributed by atoms with van der Waals surface area (Å²) in [6, 6.07) is 12.1. The van der Waals surface area contributed by atoms with E-state index in [4.69, 9.17) is 0 Å². The quantitative estimate of drug-likeness (QED) is 0.883. The third-order valence-electron chi connectivity index (χ3n) is 5.33. The third kappa shape index (κ3) is 2.89. The first-order valence-electron chi connectivity index (χ1n) is 8.71. The van der Waals surface area contributed by atoms with Gasteiger partial charge in [-0.05, 0) is 53.6 Å². The third-order valence-corrected chi connectivity index (χ3v) is 5.33. The molecular weight excluding hydrogens is 319 g/mol. The fourth-order valence-corrected chi connectivity index (χ4v) is 4.06. The second-order valence-electron chi connectivity index (χ2n) is 6.72. The van der Waals surface area contributed by atoms with Crippen LogP contribution in [0.1, 0.15) is 40.8 Å². The number of urea groups is 1. The Morgan fingerprint density at radius 1 is 1.16 bits per heavy atom. The van der Waals surface area contributed by atoms with Crippen LogP contribution in [-0.4, -0.2) is 29.2 Å². The van der Waals surface area contributed by atoms with Gasteiger partial charge in [0.1, 0.15) is 5.82 Å². The molecule has 0 bridgehead atoms. The standard InChI is InChI=1S/C20H21FN2O2/c21-15-6-7-16-14(11-15)5-8-18(16)22-20(25)23-10-9-13-3-1-2-4-17(13)19(23)12-24/h1-4,6-7,11,18-19,24H,5,8-10,12H2,(H,22,25). The number of aliphatic hydroxyl groups is 1. The van der Waals surface area contributed by atoms with E-state index in [1.807, 2.05) is 18.2 Å². The first kappa shape index (κ1) is 16.1. The summed E-state index contributed by atoms with van der Waals surface area (Å²) in [6.45, 7) is 0.480. The summed E-state index contributed by atoms with van der Waals surface area (Å²) in [5.74, 6) is -0.237. The lowest BCUT2D eigenvalue weighted by Gasteiger charge is -2.37. The Morgan fingerprint density at radius 2 is 2.00 bits per heavy atom. The number of hydrogen-bond acceptors (Lipinski definition) is 2. The number of rotatable bonds is 2. The van der Waals surface area contributed by atoms with E-state index < -0.39 is 0 Å². The molecule has 2 aliphatic rings. The van der Waals surface area contributed by atoms with Crippen LogP contribution in [0.3, 0.4) is 0 Å². The topological polar surface area (TPSA) is 52.6 Å². The van der Waals surface area contributed by atoms with E-state index in [1.54, 1.807) is 17.0 Å². The van der Waals surface area contributed by atoms with Crippen molar-refractivity contribution < 1.29 is 14.3 Å². The largest absolute Gasteiger partial charge is 0.394 e. The zero-order valence-electron chi connectivity index (χ0n) is 13.9. The zero-order chi connectivity index (χ0) is 17.4. The molecule has 5 heteroatoms. The lowest BCUT2D eigenvalue weighted by molar-refractivity contribution is 0.125. The summed E-state index contributed by atoms with van der Waals surface area (Å²) in [6.07, 6.45) is 2.33. The van der Waals surface area contributed by atoms with Gasteiger partial charge in [0.15, 0.2) is 0 Å². The first-order valence-corrected chi connectivity index (χ1v) is 8.71. The Morgan fingerprint density at radius 3 is 2.84 bits per heavy atom. The number of nitrogens with zero attached hydrogens (tertiary/aromatic N) is 1. The predicted molar refractivity (Wildman–Crippen MR) is 92.7 cm³/mol. The van der Waals surface area contributed by atoms with Crippen molar-refractivity contribution in [2.24, 2.45) is 0 Å². The summed E-state index contributed by atoms with van der Waals surface area (Å²) in [4.78, 5) is 14.6. The number of amides is 2. The normalized spacial score (nSPS) is 21.6. The van der Waals surface area contributed by atoms with E-state index in [2.05, 4.69) is 11.4 Å². The Bertz CT molecular complexity index is 808. The summed E-state index contributed by atoms with van der Waals surface area (Å²) < 4.78 is 13.4. The fourth-order valence-electron chi connectivity index (χ4n) is 4.06. The zero-order valence-corrected chi connectivity index (χ0v) is 13.9. The maximum atomic E-state index is 13.4. The molecule has 25 heavy (non-hydrogen) atoms. The van der Waals surface area contributed by atoms with Gasteiger partial charge in [0.2, 0.25) is 0 Å². The van der Waals surface area contributed by atoms with Crippen LogP contribution in [0.4, 0.5) is 9.18 Å². The molecule has 1 aliphatic heterocycles. The molecular formula is C20H21FN2O2. The number of hydrogen-bond donors (Lipinski definition) is 2. The Kier molecular flexibility index (Phi) is 4.17. The van der Waals surface area contributed by atoms with Crippen molar-refractivity contribution in [2.45, 2.75) is 31.3 Å². The lowest BCUT2D eigenvalue weighted by atomic mass is 9.93. The highest BCUT2D eigenvalue weighted by Crippen LogP contribution is 2.33. The summed E-state index contributed by atoms with van der Waals surface area (Å²) in [7, 11) is 0. The molecule has 0 fully saturated rings. The number of halogens is 1.